The van der Waals surface area contributed by atoms with Crippen molar-refractivity contribution in [2.24, 2.45) is 5.92 Å². The van der Waals surface area contributed by atoms with E-state index in [-0.39, 0.29) is 0 Å². The van der Waals surface area contributed by atoms with Crippen LogP contribution in [0.4, 0.5) is 0 Å². The van der Waals surface area contributed by atoms with Crippen molar-refractivity contribution in [1.29, 1.82) is 0 Å². The molecule has 1 atom stereocenters. The lowest BCUT2D eigenvalue weighted by atomic mass is 10.2. The van der Waals surface area contributed by atoms with E-state index < -0.39 is 0 Å². The van der Waals surface area contributed by atoms with Crippen molar-refractivity contribution in [3.63, 3.8) is 0 Å². The number of nitrogens with zero attached hydrogens (tertiary/aromatic N) is 3. The maximum absolute atomic E-state index is 5.35. The minimum atomic E-state index is 0.650. The fourth-order valence-corrected chi connectivity index (χ4v) is 2.82. The van der Waals surface area contributed by atoms with Crippen LogP contribution in [0.2, 0.25) is 0 Å². The highest BCUT2D eigenvalue weighted by molar-refractivity contribution is 7.99. The molecule has 102 valence electrons. The zero-order valence-electron chi connectivity index (χ0n) is 11.2. The normalized spacial score (nSPS) is 19.0. The SMILES string of the molecule is CCc1nc(SCC(C)CN2CCOCC2)n[nH]1. The predicted octanol–water partition coefficient (Wildman–Crippen LogP) is 1.43. The summed E-state index contributed by atoms with van der Waals surface area (Å²) in [5.74, 6) is 2.69. The van der Waals surface area contributed by atoms with E-state index in [2.05, 4.69) is 33.9 Å². The first kappa shape index (κ1) is 13.8. The second-order valence-corrected chi connectivity index (χ2v) is 5.73. The minimum absolute atomic E-state index is 0.650. The van der Waals surface area contributed by atoms with E-state index in [0.29, 0.717) is 5.92 Å². The van der Waals surface area contributed by atoms with Gasteiger partial charge in [0.25, 0.3) is 0 Å². The Morgan fingerprint density at radius 1 is 1.44 bits per heavy atom. The van der Waals surface area contributed by atoms with Gasteiger partial charge in [0.15, 0.2) is 0 Å². The molecular weight excluding hydrogens is 248 g/mol. The van der Waals surface area contributed by atoms with Crippen LogP contribution >= 0.6 is 11.8 Å². The number of aromatic amines is 1. The molecule has 1 aromatic rings. The van der Waals surface area contributed by atoms with Crippen LogP contribution in [0.1, 0.15) is 19.7 Å². The number of thioether (sulfide) groups is 1. The van der Waals surface area contributed by atoms with Crippen LogP contribution in [-0.4, -0.2) is 58.7 Å². The van der Waals surface area contributed by atoms with Crippen LogP contribution in [0.5, 0.6) is 0 Å². The standard InChI is InChI=1S/C12H22N4OS/c1-3-11-13-12(15-14-11)18-9-10(2)8-16-4-6-17-7-5-16/h10H,3-9H2,1-2H3,(H,13,14,15). The number of aromatic nitrogens is 3. The van der Waals surface area contributed by atoms with Crippen molar-refractivity contribution >= 4 is 11.8 Å². The minimum Gasteiger partial charge on any atom is -0.379 e. The van der Waals surface area contributed by atoms with E-state index in [1.54, 1.807) is 11.8 Å². The number of morpholine rings is 1. The Bertz CT molecular complexity index is 352. The van der Waals surface area contributed by atoms with Gasteiger partial charge in [-0.1, -0.05) is 25.6 Å². The largest absolute Gasteiger partial charge is 0.379 e. The summed E-state index contributed by atoms with van der Waals surface area (Å²) in [7, 11) is 0. The van der Waals surface area contributed by atoms with Crippen molar-refractivity contribution < 1.29 is 4.74 Å². The molecule has 2 heterocycles. The second-order valence-electron chi connectivity index (χ2n) is 4.75. The summed E-state index contributed by atoms with van der Waals surface area (Å²) in [6.45, 7) is 9.39. The lowest BCUT2D eigenvalue weighted by molar-refractivity contribution is 0.0331. The molecular formula is C12H22N4OS. The van der Waals surface area contributed by atoms with Gasteiger partial charge in [0.1, 0.15) is 5.82 Å². The number of rotatable bonds is 6. The molecule has 1 aromatic heterocycles. The highest BCUT2D eigenvalue weighted by Crippen LogP contribution is 2.17. The predicted molar refractivity (Wildman–Crippen MR) is 72.9 cm³/mol. The van der Waals surface area contributed by atoms with Gasteiger partial charge < -0.3 is 4.74 Å². The molecule has 2 rings (SSSR count). The van der Waals surface area contributed by atoms with Crippen LogP contribution in [-0.2, 0) is 11.2 Å². The highest BCUT2D eigenvalue weighted by Gasteiger charge is 2.14. The topological polar surface area (TPSA) is 54.0 Å². The lowest BCUT2D eigenvalue weighted by Crippen LogP contribution is -2.39. The van der Waals surface area contributed by atoms with Crippen molar-refractivity contribution in [2.45, 2.75) is 25.4 Å². The van der Waals surface area contributed by atoms with Gasteiger partial charge in [0, 0.05) is 31.8 Å². The van der Waals surface area contributed by atoms with Crippen molar-refractivity contribution in [3.8, 4) is 0 Å². The van der Waals surface area contributed by atoms with Gasteiger partial charge in [-0.05, 0) is 5.92 Å². The molecule has 1 fully saturated rings. The van der Waals surface area contributed by atoms with Crippen molar-refractivity contribution in [3.05, 3.63) is 5.82 Å². The number of ether oxygens (including phenoxy) is 1. The zero-order chi connectivity index (χ0) is 12.8. The Kier molecular flexibility index (Phi) is 5.46. The van der Waals surface area contributed by atoms with E-state index in [1.165, 1.54) is 0 Å². The molecule has 0 aromatic carbocycles. The molecule has 0 spiro atoms. The third-order valence-corrected chi connectivity index (χ3v) is 4.19. The van der Waals surface area contributed by atoms with E-state index in [0.717, 1.165) is 56.0 Å². The number of hydrogen-bond donors (Lipinski definition) is 1. The fourth-order valence-electron chi connectivity index (χ4n) is 1.99. The molecule has 0 radical (unpaired) electrons. The Morgan fingerprint density at radius 3 is 2.89 bits per heavy atom. The molecule has 1 N–H and O–H groups in total. The Hall–Kier alpha value is -0.590. The van der Waals surface area contributed by atoms with Gasteiger partial charge in [0.2, 0.25) is 5.16 Å². The van der Waals surface area contributed by atoms with E-state index in [1.807, 2.05) is 0 Å². The Morgan fingerprint density at radius 2 is 2.22 bits per heavy atom. The van der Waals surface area contributed by atoms with Crippen LogP contribution in [0.3, 0.4) is 0 Å². The van der Waals surface area contributed by atoms with Gasteiger partial charge in [-0.15, -0.1) is 5.10 Å². The molecule has 1 aliphatic heterocycles. The quantitative estimate of drug-likeness (QED) is 0.793. The first-order valence-corrected chi connectivity index (χ1v) is 7.60. The maximum atomic E-state index is 5.35. The second kappa shape index (κ2) is 7.11. The monoisotopic (exact) mass is 270 g/mol. The molecule has 0 aliphatic carbocycles. The van der Waals surface area contributed by atoms with E-state index in [4.69, 9.17) is 4.74 Å². The fraction of sp³-hybridized carbons (Fsp3) is 0.833. The third kappa shape index (κ3) is 4.26. The van der Waals surface area contributed by atoms with E-state index >= 15 is 0 Å². The van der Waals surface area contributed by atoms with Gasteiger partial charge in [-0.3, -0.25) is 10.00 Å². The first-order chi connectivity index (χ1) is 8.78. The summed E-state index contributed by atoms with van der Waals surface area (Å²) in [5.41, 5.74) is 0. The molecule has 1 aliphatic rings. The molecule has 0 amide bonds. The molecule has 18 heavy (non-hydrogen) atoms. The highest BCUT2D eigenvalue weighted by atomic mass is 32.2. The molecule has 0 saturated carbocycles. The average Bonchev–Trinajstić information content (AvgIpc) is 2.85. The van der Waals surface area contributed by atoms with Gasteiger partial charge >= 0.3 is 0 Å². The molecule has 1 unspecified atom stereocenters. The lowest BCUT2D eigenvalue weighted by Gasteiger charge is -2.28. The number of hydrogen-bond acceptors (Lipinski definition) is 5. The van der Waals surface area contributed by atoms with Gasteiger partial charge in [0.05, 0.1) is 13.2 Å². The Balaban J connectivity index is 1.68. The summed E-state index contributed by atoms with van der Waals surface area (Å²) in [6.07, 6.45) is 0.914. The van der Waals surface area contributed by atoms with Crippen molar-refractivity contribution in [1.82, 2.24) is 20.1 Å². The summed E-state index contributed by atoms with van der Waals surface area (Å²) < 4.78 is 5.35. The smallest absolute Gasteiger partial charge is 0.208 e. The first-order valence-electron chi connectivity index (χ1n) is 6.62. The maximum Gasteiger partial charge on any atom is 0.208 e. The number of nitrogens with one attached hydrogen (secondary N) is 1. The van der Waals surface area contributed by atoms with Crippen LogP contribution in [0, 0.1) is 5.92 Å². The molecule has 1 saturated heterocycles. The molecule has 6 heteroatoms. The average molecular weight is 270 g/mol. The summed E-state index contributed by atoms with van der Waals surface area (Å²) in [4.78, 5) is 6.89. The van der Waals surface area contributed by atoms with Crippen LogP contribution < -0.4 is 0 Å². The van der Waals surface area contributed by atoms with Crippen LogP contribution in [0.25, 0.3) is 0 Å². The summed E-state index contributed by atoms with van der Waals surface area (Å²) >= 11 is 1.74. The van der Waals surface area contributed by atoms with Gasteiger partial charge in [-0.2, -0.15) is 0 Å². The van der Waals surface area contributed by atoms with Crippen LogP contribution in [0.15, 0.2) is 5.16 Å². The third-order valence-electron chi connectivity index (χ3n) is 3.02. The summed E-state index contributed by atoms with van der Waals surface area (Å²) in [5, 5.41) is 8.03. The zero-order valence-corrected chi connectivity index (χ0v) is 12.0. The Labute approximate surface area is 113 Å². The van der Waals surface area contributed by atoms with Gasteiger partial charge in [-0.25, -0.2) is 4.98 Å². The molecule has 0 bridgehead atoms. The summed E-state index contributed by atoms with van der Waals surface area (Å²) in [6, 6.07) is 0. The number of H-pyrrole nitrogens is 1. The number of aryl methyl sites for hydroxylation is 1. The van der Waals surface area contributed by atoms with Crippen molar-refractivity contribution in [2.75, 3.05) is 38.6 Å². The van der Waals surface area contributed by atoms with E-state index in [9.17, 15) is 0 Å². The molecule has 5 nitrogen and oxygen atoms in total.